The van der Waals surface area contributed by atoms with Crippen LogP contribution in [0, 0.1) is 5.92 Å². The summed E-state index contributed by atoms with van der Waals surface area (Å²) in [5, 5.41) is 9.17. The van der Waals surface area contributed by atoms with Crippen molar-refractivity contribution in [3.8, 4) is 11.1 Å². The molecule has 27 heavy (non-hydrogen) atoms. The van der Waals surface area contributed by atoms with Gasteiger partial charge in [0.15, 0.2) is 0 Å². The van der Waals surface area contributed by atoms with Crippen LogP contribution >= 0.6 is 0 Å². The van der Waals surface area contributed by atoms with Gasteiger partial charge in [-0.1, -0.05) is 30.3 Å². The molecule has 142 valence electrons. The molecule has 1 atom stereocenters. The van der Waals surface area contributed by atoms with Crippen LogP contribution in [0.4, 0.5) is 0 Å². The first kappa shape index (κ1) is 18.7. The van der Waals surface area contributed by atoms with Crippen LogP contribution < -0.4 is 0 Å². The van der Waals surface area contributed by atoms with Gasteiger partial charge in [-0.05, 0) is 18.4 Å². The quantitative estimate of drug-likeness (QED) is 0.844. The molecule has 1 fully saturated rings. The number of aromatic nitrogens is 1. The Kier molecular flexibility index (Phi) is 5.59. The van der Waals surface area contributed by atoms with E-state index in [9.17, 15) is 14.4 Å². The largest absolute Gasteiger partial charge is 0.481 e. The molecular formula is C20H23N3O4. The molecule has 0 bridgehead atoms. The van der Waals surface area contributed by atoms with Gasteiger partial charge in [-0.2, -0.15) is 0 Å². The molecule has 2 aromatic rings. The Bertz CT molecular complexity index is 831. The van der Waals surface area contributed by atoms with E-state index < -0.39 is 11.9 Å². The zero-order chi connectivity index (χ0) is 19.4. The zero-order valence-electron chi connectivity index (χ0n) is 15.2. The van der Waals surface area contributed by atoms with E-state index in [1.54, 1.807) is 24.3 Å². The molecule has 1 aromatic heterocycles. The Morgan fingerprint density at radius 1 is 1.22 bits per heavy atom. The van der Waals surface area contributed by atoms with Crippen LogP contribution in [0.3, 0.4) is 0 Å². The molecule has 2 heterocycles. The summed E-state index contributed by atoms with van der Waals surface area (Å²) in [6.07, 6.45) is 4.64. The first-order valence-electron chi connectivity index (χ1n) is 8.95. The fourth-order valence-electron chi connectivity index (χ4n) is 3.38. The van der Waals surface area contributed by atoms with Crippen molar-refractivity contribution in [3.63, 3.8) is 0 Å². The first-order chi connectivity index (χ1) is 13.0. The lowest BCUT2D eigenvalue weighted by atomic mass is 9.98. The number of H-pyrrole nitrogens is 1. The highest BCUT2D eigenvalue weighted by Crippen LogP contribution is 2.24. The number of piperidine rings is 1. The summed E-state index contributed by atoms with van der Waals surface area (Å²) >= 11 is 0. The second kappa shape index (κ2) is 8.07. The van der Waals surface area contributed by atoms with Crippen molar-refractivity contribution in [2.24, 2.45) is 5.92 Å². The molecular weight excluding hydrogens is 346 g/mol. The molecule has 2 N–H and O–H groups in total. The molecule has 0 saturated carbocycles. The third kappa shape index (κ3) is 4.19. The average Bonchev–Trinajstić information content (AvgIpc) is 3.17. The van der Waals surface area contributed by atoms with Gasteiger partial charge in [-0.15, -0.1) is 0 Å². The molecule has 0 spiro atoms. The van der Waals surface area contributed by atoms with Gasteiger partial charge in [0.05, 0.1) is 18.0 Å². The predicted octanol–water partition coefficient (Wildman–Crippen LogP) is 2.08. The van der Waals surface area contributed by atoms with Crippen molar-refractivity contribution in [1.82, 2.24) is 14.8 Å². The van der Waals surface area contributed by atoms with E-state index in [2.05, 4.69) is 4.98 Å². The molecule has 3 rings (SSSR count). The second-order valence-electron chi connectivity index (χ2n) is 6.83. The number of nitrogens with zero attached hydrogens (tertiary/aromatic N) is 2. The zero-order valence-corrected chi connectivity index (χ0v) is 15.2. The molecule has 1 unspecified atom stereocenters. The number of nitrogens with one attached hydrogen (secondary N) is 1. The van der Waals surface area contributed by atoms with Gasteiger partial charge in [0, 0.05) is 38.1 Å². The van der Waals surface area contributed by atoms with Gasteiger partial charge in [0.1, 0.15) is 0 Å². The van der Waals surface area contributed by atoms with E-state index in [0.29, 0.717) is 24.9 Å². The smallest absolute Gasteiger partial charge is 0.308 e. The van der Waals surface area contributed by atoms with Crippen LogP contribution in [-0.4, -0.2) is 64.4 Å². The van der Waals surface area contributed by atoms with Crippen LogP contribution in [0.5, 0.6) is 0 Å². The summed E-state index contributed by atoms with van der Waals surface area (Å²) in [7, 11) is 1.58. The lowest BCUT2D eigenvalue weighted by Gasteiger charge is -2.32. The van der Waals surface area contributed by atoms with Gasteiger partial charge >= 0.3 is 5.97 Å². The van der Waals surface area contributed by atoms with Crippen molar-refractivity contribution in [1.29, 1.82) is 0 Å². The van der Waals surface area contributed by atoms with E-state index >= 15 is 0 Å². The number of benzene rings is 1. The molecule has 1 aromatic carbocycles. The third-order valence-corrected chi connectivity index (χ3v) is 4.90. The number of hydrogen-bond acceptors (Lipinski definition) is 3. The minimum absolute atomic E-state index is 0.0788. The normalized spacial score (nSPS) is 16.8. The number of rotatable bonds is 5. The Morgan fingerprint density at radius 2 is 1.96 bits per heavy atom. The van der Waals surface area contributed by atoms with Crippen molar-refractivity contribution < 1.29 is 19.5 Å². The molecule has 0 radical (unpaired) electrons. The maximum absolute atomic E-state index is 12.8. The SMILES string of the molecule is CN(CC(=O)N1CCCC(C(=O)O)C1)C(=O)c1c[nH]cc1-c1ccccc1. The number of carboxylic acids is 1. The van der Waals surface area contributed by atoms with E-state index in [4.69, 9.17) is 5.11 Å². The van der Waals surface area contributed by atoms with E-state index in [1.807, 2.05) is 30.3 Å². The summed E-state index contributed by atoms with van der Waals surface area (Å²) in [4.78, 5) is 42.4. The lowest BCUT2D eigenvalue weighted by Crippen LogP contribution is -2.46. The fourth-order valence-corrected chi connectivity index (χ4v) is 3.38. The van der Waals surface area contributed by atoms with Gasteiger partial charge in [0.25, 0.3) is 5.91 Å². The lowest BCUT2D eigenvalue weighted by molar-refractivity contribution is -0.145. The molecule has 0 aliphatic carbocycles. The fraction of sp³-hybridized carbons (Fsp3) is 0.350. The number of likely N-dealkylation sites (N-methyl/N-ethyl adjacent to an activating group) is 1. The summed E-state index contributed by atoms with van der Waals surface area (Å²) in [6, 6.07) is 9.55. The van der Waals surface area contributed by atoms with Crippen molar-refractivity contribution in [3.05, 3.63) is 48.3 Å². The summed E-state index contributed by atoms with van der Waals surface area (Å²) in [5.41, 5.74) is 2.20. The monoisotopic (exact) mass is 369 g/mol. The van der Waals surface area contributed by atoms with Crippen LogP contribution in [-0.2, 0) is 9.59 Å². The highest BCUT2D eigenvalue weighted by molar-refractivity contribution is 6.02. The summed E-state index contributed by atoms with van der Waals surface area (Å²) in [5.74, 6) is -1.89. The van der Waals surface area contributed by atoms with Crippen LogP contribution in [0.1, 0.15) is 23.2 Å². The number of aliphatic carboxylic acids is 1. The van der Waals surface area contributed by atoms with Gasteiger partial charge < -0.3 is 19.9 Å². The number of hydrogen-bond donors (Lipinski definition) is 2. The highest BCUT2D eigenvalue weighted by Gasteiger charge is 2.29. The number of amides is 2. The molecule has 1 saturated heterocycles. The number of carbonyl (C=O) groups excluding carboxylic acids is 2. The number of carboxylic acid groups (broad SMARTS) is 1. The van der Waals surface area contributed by atoms with Gasteiger partial charge in [0.2, 0.25) is 5.91 Å². The van der Waals surface area contributed by atoms with E-state index in [1.165, 1.54) is 4.90 Å². The summed E-state index contributed by atoms with van der Waals surface area (Å²) < 4.78 is 0. The Morgan fingerprint density at radius 3 is 2.67 bits per heavy atom. The van der Waals surface area contributed by atoms with Crippen molar-refractivity contribution in [2.45, 2.75) is 12.8 Å². The molecule has 1 aliphatic heterocycles. The standard InChI is InChI=1S/C20H23N3O4/c1-22(13-18(24)23-9-5-8-15(12-23)20(26)27)19(25)17-11-21-10-16(17)14-6-3-2-4-7-14/h2-4,6-7,10-11,15,21H,5,8-9,12-13H2,1H3,(H,26,27). The van der Waals surface area contributed by atoms with Crippen LogP contribution in [0.2, 0.25) is 0 Å². The Hall–Kier alpha value is -3.09. The molecule has 2 amide bonds. The van der Waals surface area contributed by atoms with Gasteiger partial charge in [-0.25, -0.2) is 0 Å². The van der Waals surface area contributed by atoms with E-state index in [-0.39, 0.29) is 24.9 Å². The minimum Gasteiger partial charge on any atom is -0.481 e. The second-order valence-corrected chi connectivity index (χ2v) is 6.83. The van der Waals surface area contributed by atoms with Crippen molar-refractivity contribution in [2.75, 3.05) is 26.7 Å². The number of aromatic amines is 1. The highest BCUT2D eigenvalue weighted by atomic mass is 16.4. The van der Waals surface area contributed by atoms with Crippen LogP contribution in [0.25, 0.3) is 11.1 Å². The van der Waals surface area contributed by atoms with E-state index in [0.717, 1.165) is 11.1 Å². The summed E-state index contributed by atoms with van der Waals surface area (Å²) in [6.45, 7) is 0.657. The van der Waals surface area contributed by atoms with Crippen molar-refractivity contribution >= 4 is 17.8 Å². The molecule has 7 heteroatoms. The minimum atomic E-state index is -0.878. The van der Waals surface area contributed by atoms with Crippen LogP contribution in [0.15, 0.2) is 42.7 Å². The first-order valence-corrected chi connectivity index (χ1v) is 8.95. The third-order valence-electron chi connectivity index (χ3n) is 4.90. The molecule has 7 nitrogen and oxygen atoms in total. The van der Waals surface area contributed by atoms with Gasteiger partial charge in [-0.3, -0.25) is 14.4 Å². The predicted molar refractivity (Wildman–Crippen MR) is 100 cm³/mol. The Labute approximate surface area is 157 Å². The molecule has 1 aliphatic rings. The Balaban J connectivity index is 1.67. The topological polar surface area (TPSA) is 93.7 Å². The number of carbonyl (C=O) groups is 3. The maximum Gasteiger partial charge on any atom is 0.308 e. The average molecular weight is 369 g/mol. The maximum atomic E-state index is 12.8. The number of likely N-dealkylation sites (tertiary alicyclic amines) is 1.